The van der Waals surface area contributed by atoms with Crippen LogP contribution in [0.15, 0.2) is 17.1 Å². The molecule has 2 aliphatic heterocycles. The third-order valence-electron chi connectivity index (χ3n) is 3.97. The quantitative estimate of drug-likeness (QED) is 0.685. The number of hydrogen-bond acceptors (Lipinski definition) is 3. The van der Waals surface area contributed by atoms with E-state index in [2.05, 4.69) is 15.2 Å². The monoisotopic (exact) mass is 323 g/mol. The molecule has 5 nitrogen and oxygen atoms in total. The molecule has 120 valence electrons. The fraction of sp³-hybridized carbons (Fsp3) is 0.562. The predicted octanol–water partition coefficient (Wildman–Crippen LogP) is 2.32. The molecule has 0 radical (unpaired) electrons. The summed E-state index contributed by atoms with van der Waals surface area (Å²) in [7, 11) is 1.83. The van der Waals surface area contributed by atoms with Crippen molar-refractivity contribution in [1.82, 2.24) is 10.2 Å². The van der Waals surface area contributed by atoms with E-state index in [1.807, 2.05) is 19.2 Å². The first-order valence-electron chi connectivity index (χ1n) is 7.81. The lowest BCUT2D eigenvalue weighted by molar-refractivity contribution is 0.171. The maximum atomic E-state index is 6.26. The number of benzene rings is 1. The van der Waals surface area contributed by atoms with E-state index in [0.717, 1.165) is 43.3 Å². The van der Waals surface area contributed by atoms with E-state index >= 15 is 0 Å². The summed E-state index contributed by atoms with van der Waals surface area (Å²) in [6.45, 7) is 4.14. The summed E-state index contributed by atoms with van der Waals surface area (Å²) >= 11 is 6.26. The molecule has 0 saturated carbocycles. The molecule has 1 N–H and O–H groups in total. The number of halogens is 1. The van der Waals surface area contributed by atoms with E-state index in [-0.39, 0.29) is 0 Å². The van der Waals surface area contributed by atoms with E-state index in [9.17, 15) is 0 Å². The Morgan fingerprint density at radius 2 is 2.05 bits per heavy atom. The van der Waals surface area contributed by atoms with Crippen molar-refractivity contribution in [3.63, 3.8) is 0 Å². The summed E-state index contributed by atoms with van der Waals surface area (Å²) < 4.78 is 11.2. The average Bonchev–Trinajstić information content (AvgIpc) is 3.06. The fourth-order valence-electron chi connectivity index (χ4n) is 2.89. The molecule has 1 aromatic carbocycles. The summed E-state index contributed by atoms with van der Waals surface area (Å²) in [5.74, 6) is 2.40. The average molecular weight is 324 g/mol. The summed E-state index contributed by atoms with van der Waals surface area (Å²) in [5, 5.41) is 4.04. The normalized spacial score (nSPS) is 17.7. The van der Waals surface area contributed by atoms with Crippen LogP contribution in [0.5, 0.6) is 11.5 Å². The van der Waals surface area contributed by atoms with Gasteiger partial charge in [0.05, 0.1) is 5.02 Å². The Labute approximate surface area is 136 Å². The van der Waals surface area contributed by atoms with Gasteiger partial charge in [0.1, 0.15) is 13.2 Å². The number of nitrogens with zero attached hydrogens (tertiary/aromatic N) is 2. The minimum atomic E-state index is 0.555. The van der Waals surface area contributed by atoms with Crippen molar-refractivity contribution < 1.29 is 9.47 Å². The standard InChI is InChI=1S/C16H22ClN3O2/c1-18-16(20-6-2-3-7-20)19-5-4-12-10-13(17)15-14(11-12)21-8-9-22-15/h10-11H,2-9H2,1H3,(H,18,19). The minimum absolute atomic E-state index is 0.555. The zero-order valence-electron chi connectivity index (χ0n) is 12.9. The van der Waals surface area contributed by atoms with E-state index in [1.165, 1.54) is 12.8 Å². The van der Waals surface area contributed by atoms with Gasteiger partial charge in [0.15, 0.2) is 17.5 Å². The van der Waals surface area contributed by atoms with Gasteiger partial charge in [-0.1, -0.05) is 11.6 Å². The number of nitrogens with one attached hydrogen (secondary N) is 1. The molecule has 0 spiro atoms. The second-order valence-corrected chi connectivity index (χ2v) is 5.93. The van der Waals surface area contributed by atoms with Gasteiger partial charge < -0.3 is 19.7 Å². The Morgan fingerprint density at radius 1 is 1.27 bits per heavy atom. The Hall–Kier alpha value is -1.62. The van der Waals surface area contributed by atoms with Crippen LogP contribution < -0.4 is 14.8 Å². The van der Waals surface area contributed by atoms with E-state index < -0.39 is 0 Å². The van der Waals surface area contributed by atoms with Crippen molar-refractivity contribution in [3.05, 3.63) is 22.7 Å². The largest absolute Gasteiger partial charge is 0.486 e. The Kier molecular flexibility index (Phi) is 4.93. The molecule has 0 unspecified atom stereocenters. The molecule has 3 rings (SSSR count). The third kappa shape index (κ3) is 3.40. The maximum Gasteiger partial charge on any atom is 0.193 e. The first-order chi connectivity index (χ1) is 10.8. The van der Waals surface area contributed by atoms with Crippen molar-refractivity contribution in [2.75, 3.05) is 39.9 Å². The van der Waals surface area contributed by atoms with Crippen LogP contribution in [0.4, 0.5) is 0 Å². The van der Waals surface area contributed by atoms with Gasteiger partial charge in [-0.3, -0.25) is 4.99 Å². The van der Waals surface area contributed by atoms with Crippen LogP contribution in [0.2, 0.25) is 5.02 Å². The first-order valence-corrected chi connectivity index (χ1v) is 8.19. The Balaban J connectivity index is 1.58. The van der Waals surface area contributed by atoms with Gasteiger partial charge in [-0.15, -0.1) is 0 Å². The highest BCUT2D eigenvalue weighted by atomic mass is 35.5. The van der Waals surface area contributed by atoms with Gasteiger partial charge in [0, 0.05) is 26.7 Å². The molecule has 0 atom stereocenters. The molecule has 22 heavy (non-hydrogen) atoms. The highest BCUT2D eigenvalue weighted by Crippen LogP contribution is 2.38. The molecule has 1 fully saturated rings. The lowest BCUT2D eigenvalue weighted by Gasteiger charge is -2.22. The van der Waals surface area contributed by atoms with Gasteiger partial charge >= 0.3 is 0 Å². The number of ether oxygens (including phenoxy) is 2. The first kappa shape index (κ1) is 15.3. The molecular weight excluding hydrogens is 302 g/mol. The summed E-state index contributed by atoms with van der Waals surface area (Å²) in [6, 6.07) is 3.97. The minimum Gasteiger partial charge on any atom is -0.486 e. The lowest BCUT2D eigenvalue weighted by atomic mass is 10.1. The van der Waals surface area contributed by atoms with Crippen molar-refractivity contribution in [1.29, 1.82) is 0 Å². The molecule has 0 aliphatic carbocycles. The molecule has 2 heterocycles. The number of hydrogen-bond donors (Lipinski definition) is 1. The summed E-state index contributed by atoms with van der Waals surface area (Å²) in [5.41, 5.74) is 1.14. The van der Waals surface area contributed by atoms with E-state index in [0.29, 0.717) is 24.0 Å². The predicted molar refractivity (Wildman–Crippen MR) is 88.3 cm³/mol. The molecule has 6 heteroatoms. The smallest absolute Gasteiger partial charge is 0.193 e. The fourth-order valence-corrected chi connectivity index (χ4v) is 3.18. The van der Waals surface area contributed by atoms with Crippen LogP contribution in [0.1, 0.15) is 18.4 Å². The molecule has 2 aliphatic rings. The van der Waals surface area contributed by atoms with Crippen LogP contribution in [-0.2, 0) is 6.42 Å². The number of likely N-dealkylation sites (tertiary alicyclic amines) is 1. The number of rotatable bonds is 3. The topological polar surface area (TPSA) is 46.1 Å². The zero-order chi connectivity index (χ0) is 15.4. The van der Waals surface area contributed by atoms with Crippen molar-refractivity contribution in [2.45, 2.75) is 19.3 Å². The second kappa shape index (κ2) is 7.09. The van der Waals surface area contributed by atoms with E-state index in [1.54, 1.807) is 0 Å². The number of fused-ring (bicyclic) bond motifs is 1. The van der Waals surface area contributed by atoms with Crippen LogP contribution in [-0.4, -0.2) is 50.8 Å². The second-order valence-electron chi connectivity index (χ2n) is 5.52. The molecule has 1 saturated heterocycles. The number of guanidine groups is 1. The Morgan fingerprint density at radius 3 is 2.82 bits per heavy atom. The van der Waals surface area contributed by atoms with Gasteiger partial charge in [0.25, 0.3) is 0 Å². The molecule has 1 aromatic rings. The van der Waals surface area contributed by atoms with Gasteiger partial charge in [-0.2, -0.15) is 0 Å². The molecule has 0 aromatic heterocycles. The molecule has 0 bridgehead atoms. The lowest BCUT2D eigenvalue weighted by Crippen LogP contribution is -2.40. The zero-order valence-corrected chi connectivity index (χ0v) is 13.7. The summed E-state index contributed by atoms with van der Waals surface area (Å²) in [6.07, 6.45) is 3.36. The molecule has 0 amide bonds. The van der Waals surface area contributed by atoms with E-state index in [4.69, 9.17) is 21.1 Å². The summed E-state index contributed by atoms with van der Waals surface area (Å²) in [4.78, 5) is 6.65. The van der Waals surface area contributed by atoms with Crippen LogP contribution >= 0.6 is 11.6 Å². The Bertz CT molecular complexity index is 557. The van der Waals surface area contributed by atoms with Crippen molar-refractivity contribution in [3.8, 4) is 11.5 Å². The van der Waals surface area contributed by atoms with Gasteiger partial charge in [-0.25, -0.2) is 0 Å². The van der Waals surface area contributed by atoms with Crippen LogP contribution in [0.25, 0.3) is 0 Å². The molecular formula is C16H22ClN3O2. The van der Waals surface area contributed by atoms with Gasteiger partial charge in [-0.05, 0) is 37.0 Å². The highest BCUT2D eigenvalue weighted by Gasteiger charge is 2.17. The van der Waals surface area contributed by atoms with Gasteiger partial charge in [0.2, 0.25) is 0 Å². The van der Waals surface area contributed by atoms with Crippen molar-refractivity contribution in [2.24, 2.45) is 4.99 Å². The maximum absolute atomic E-state index is 6.26. The SMILES string of the molecule is CN=C(NCCc1cc(Cl)c2c(c1)OCCO2)N1CCCC1. The number of aliphatic imine (C=N–C) groups is 1. The third-order valence-corrected chi connectivity index (χ3v) is 4.25. The highest BCUT2D eigenvalue weighted by molar-refractivity contribution is 6.32. The van der Waals surface area contributed by atoms with Crippen molar-refractivity contribution >= 4 is 17.6 Å². The van der Waals surface area contributed by atoms with Crippen LogP contribution in [0.3, 0.4) is 0 Å². The van der Waals surface area contributed by atoms with Crippen LogP contribution in [0, 0.1) is 0 Å².